The molecule has 1 aromatic rings. The fourth-order valence-corrected chi connectivity index (χ4v) is 5.18. The average molecular weight is 595 g/mol. The van der Waals surface area contributed by atoms with Crippen molar-refractivity contribution in [1.82, 2.24) is 15.5 Å². The molecule has 1 aliphatic rings. The lowest BCUT2D eigenvalue weighted by atomic mass is 9.90. The number of nitrogens with zero attached hydrogens (tertiary/aromatic N) is 1. The molecule has 6 N–H and O–H groups in total. The second-order valence-electron chi connectivity index (χ2n) is 11.4. The molecular weight excluding hydrogens is 551 g/mol. The Kier molecular flexibility index (Phi) is 12.1. The zero-order valence-corrected chi connectivity index (χ0v) is 25.3. The van der Waals surface area contributed by atoms with Gasteiger partial charge in [0.1, 0.15) is 17.8 Å². The van der Waals surface area contributed by atoms with Crippen LogP contribution < -0.4 is 20.9 Å². The van der Waals surface area contributed by atoms with Gasteiger partial charge in [-0.3, -0.25) is 29.0 Å². The van der Waals surface area contributed by atoms with Gasteiger partial charge in [-0.05, 0) is 61.8 Å². The first-order valence-corrected chi connectivity index (χ1v) is 15.3. The third-order valence-electron chi connectivity index (χ3n) is 6.86. The molecule has 1 aliphatic heterocycles. The van der Waals surface area contributed by atoms with E-state index in [1.807, 2.05) is 20.8 Å². The monoisotopic (exact) mass is 594 g/mol. The van der Waals surface area contributed by atoms with Crippen molar-refractivity contribution in [2.45, 2.75) is 91.3 Å². The Morgan fingerprint density at radius 1 is 1.17 bits per heavy atom. The number of hydrogen-bond acceptors (Lipinski definition) is 6. The lowest BCUT2D eigenvalue weighted by Crippen LogP contribution is -2.54. The number of allylic oxidation sites excluding steroid dienone is 1. The topological polar surface area (TPSA) is 188 Å². The SMILES string of the molecule is CCCC[C@H](NC(=O)/C=C(\C)c1ccc(OP(=O)(O)O)cc1)C(=O)N1CC(C)(C)C[C@H]1C(=O)N[C@H](C)CCC(N)=O. The van der Waals surface area contributed by atoms with Gasteiger partial charge in [0.05, 0.1) is 0 Å². The molecule has 41 heavy (non-hydrogen) atoms. The number of nitrogens with two attached hydrogens (primary N) is 1. The van der Waals surface area contributed by atoms with Gasteiger partial charge in [0, 0.05) is 25.1 Å². The van der Waals surface area contributed by atoms with Crippen LogP contribution in [0.3, 0.4) is 0 Å². The molecule has 0 bridgehead atoms. The van der Waals surface area contributed by atoms with Gasteiger partial charge in [-0.15, -0.1) is 0 Å². The van der Waals surface area contributed by atoms with Crippen LogP contribution in [0.2, 0.25) is 0 Å². The molecule has 2 rings (SSSR count). The molecule has 12 nitrogen and oxygen atoms in total. The Bertz CT molecular complexity index is 1180. The Balaban J connectivity index is 2.17. The summed E-state index contributed by atoms with van der Waals surface area (Å²) in [5, 5.41) is 5.71. The van der Waals surface area contributed by atoms with E-state index in [0.29, 0.717) is 43.4 Å². The van der Waals surface area contributed by atoms with E-state index < -0.39 is 31.7 Å². The van der Waals surface area contributed by atoms with Crippen LogP contribution in [-0.2, 0) is 23.7 Å². The van der Waals surface area contributed by atoms with Gasteiger partial charge in [0.15, 0.2) is 0 Å². The maximum absolute atomic E-state index is 13.8. The summed E-state index contributed by atoms with van der Waals surface area (Å²) in [5.41, 5.74) is 6.10. The smallest absolute Gasteiger partial charge is 0.404 e. The molecule has 13 heteroatoms. The molecule has 0 unspecified atom stereocenters. The minimum atomic E-state index is -4.68. The van der Waals surface area contributed by atoms with E-state index in [1.54, 1.807) is 30.9 Å². The largest absolute Gasteiger partial charge is 0.524 e. The van der Waals surface area contributed by atoms with Crippen LogP contribution in [0.25, 0.3) is 5.57 Å². The predicted molar refractivity (Wildman–Crippen MR) is 154 cm³/mol. The first kappa shape index (κ1) is 34.0. The number of rotatable bonds is 14. The van der Waals surface area contributed by atoms with Crippen molar-refractivity contribution in [2.24, 2.45) is 11.1 Å². The zero-order valence-electron chi connectivity index (χ0n) is 24.4. The number of carbonyl (C=O) groups is 4. The van der Waals surface area contributed by atoms with Crippen LogP contribution in [0, 0.1) is 5.41 Å². The van der Waals surface area contributed by atoms with Gasteiger partial charge >= 0.3 is 7.82 Å². The Labute approximate surface area is 241 Å². The molecule has 0 aliphatic carbocycles. The van der Waals surface area contributed by atoms with E-state index in [-0.39, 0.29) is 35.4 Å². The molecule has 4 amide bonds. The maximum atomic E-state index is 13.8. The van der Waals surface area contributed by atoms with Crippen LogP contribution in [-0.4, -0.2) is 63.0 Å². The molecule has 3 atom stereocenters. The summed E-state index contributed by atoms with van der Waals surface area (Å²) in [6.07, 6.45) is 4.26. The van der Waals surface area contributed by atoms with Crippen LogP contribution in [0.1, 0.15) is 78.7 Å². The Morgan fingerprint density at radius 2 is 1.80 bits per heavy atom. The summed E-state index contributed by atoms with van der Waals surface area (Å²) in [5.74, 6) is -1.57. The fourth-order valence-electron chi connectivity index (χ4n) is 4.78. The maximum Gasteiger partial charge on any atom is 0.524 e. The summed E-state index contributed by atoms with van der Waals surface area (Å²) in [6.45, 7) is 9.79. The van der Waals surface area contributed by atoms with Gasteiger partial charge in [-0.25, -0.2) is 4.57 Å². The van der Waals surface area contributed by atoms with Crippen LogP contribution in [0.5, 0.6) is 5.75 Å². The number of primary amides is 1. The van der Waals surface area contributed by atoms with Gasteiger partial charge in [0.2, 0.25) is 23.6 Å². The minimum Gasteiger partial charge on any atom is -0.404 e. The molecule has 0 radical (unpaired) electrons. The van der Waals surface area contributed by atoms with Crippen molar-refractivity contribution >= 4 is 37.0 Å². The second-order valence-corrected chi connectivity index (χ2v) is 12.6. The summed E-state index contributed by atoms with van der Waals surface area (Å²) < 4.78 is 15.6. The van der Waals surface area contributed by atoms with Crippen LogP contribution in [0.15, 0.2) is 30.3 Å². The quantitative estimate of drug-likeness (QED) is 0.160. The Hall–Kier alpha value is -3.21. The van der Waals surface area contributed by atoms with Gasteiger partial charge < -0.3 is 25.8 Å². The van der Waals surface area contributed by atoms with E-state index in [4.69, 9.17) is 15.5 Å². The second kappa shape index (κ2) is 14.6. The number of benzene rings is 1. The Morgan fingerprint density at radius 3 is 2.37 bits per heavy atom. The lowest BCUT2D eigenvalue weighted by Gasteiger charge is -2.29. The van der Waals surface area contributed by atoms with Crippen molar-refractivity contribution in [3.8, 4) is 5.75 Å². The fraction of sp³-hybridized carbons (Fsp3) is 0.571. The molecule has 0 saturated carbocycles. The highest BCUT2D eigenvalue weighted by molar-refractivity contribution is 7.46. The van der Waals surface area contributed by atoms with Crippen LogP contribution >= 0.6 is 7.82 Å². The molecule has 0 aromatic heterocycles. The molecule has 1 saturated heterocycles. The van der Waals surface area contributed by atoms with E-state index in [1.165, 1.54) is 18.2 Å². The third kappa shape index (κ3) is 11.3. The molecule has 1 heterocycles. The number of unbranched alkanes of at least 4 members (excludes halogenated alkanes) is 1. The van der Waals surface area contributed by atoms with E-state index in [0.717, 1.165) is 6.42 Å². The number of likely N-dealkylation sites (tertiary alicyclic amines) is 1. The first-order chi connectivity index (χ1) is 19.0. The number of phosphoric ester groups is 1. The highest BCUT2D eigenvalue weighted by Gasteiger charge is 2.45. The normalized spacial score (nSPS) is 18.4. The molecule has 1 aromatic carbocycles. The van der Waals surface area contributed by atoms with Crippen molar-refractivity contribution in [3.63, 3.8) is 0 Å². The van der Waals surface area contributed by atoms with E-state index in [9.17, 15) is 23.7 Å². The average Bonchev–Trinajstić information content (AvgIpc) is 3.19. The van der Waals surface area contributed by atoms with E-state index >= 15 is 0 Å². The summed E-state index contributed by atoms with van der Waals surface area (Å²) in [4.78, 5) is 70.5. The third-order valence-corrected chi connectivity index (χ3v) is 7.31. The number of phosphoric acid groups is 1. The minimum absolute atomic E-state index is 0.0149. The lowest BCUT2D eigenvalue weighted by molar-refractivity contribution is -0.141. The first-order valence-electron chi connectivity index (χ1n) is 13.7. The summed E-state index contributed by atoms with van der Waals surface area (Å²) >= 11 is 0. The summed E-state index contributed by atoms with van der Waals surface area (Å²) in [6, 6.07) is 4.05. The standard InChI is InChI=1S/C28H43N4O8P/c1-6-7-8-22(31-25(34)15-18(2)20-10-12-21(13-11-20)40-41(37,38)39)27(36)32-17-28(4,5)16-23(32)26(35)30-19(3)9-14-24(29)33/h10-13,15,19,22-23H,6-9,14,16-17H2,1-5H3,(H2,29,33)(H,30,35)(H,31,34)(H2,37,38,39)/b18-15+/t19-,22+,23+/m1/s1. The predicted octanol–water partition coefficient (Wildman–Crippen LogP) is 2.63. The molecule has 1 fully saturated rings. The summed E-state index contributed by atoms with van der Waals surface area (Å²) in [7, 11) is -4.68. The number of carbonyl (C=O) groups excluding carboxylic acids is 4. The van der Waals surface area contributed by atoms with Gasteiger partial charge in [-0.1, -0.05) is 45.7 Å². The number of amides is 4. The van der Waals surface area contributed by atoms with Crippen molar-refractivity contribution in [1.29, 1.82) is 0 Å². The highest BCUT2D eigenvalue weighted by atomic mass is 31.2. The number of hydrogen-bond donors (Lipinski definition) is 5. The zero-order chi connectivity index (χ0) is 31.0. The molecule has 0 spiro atoms. The highest BCUT2D eigenvalue weighted by Crippen LogP contribution is 2.38. The number of nitrogens with one attached hydrogen (secondary N) is 2. The van der Waals surface area contributed by atoms with Crippen molar-refractivity contribution in [2.75, 3.05) is 6.54 Å². The van der Waals surface area contributed by atoms with Gasteiger partial charge in [0.25, 0.3) is 0 Å². The van der Waals surface area contributed by atoms with Crippen molar-refractivity contribution in [3.05, 3.63) is 35.9 Å². The van der Waals surface area contributed by atoms with E-state index in [2.05, 4.69) is 15.2 Å². The van der Waals surface area contributed by atoms with Crippen molar-refractivity contribution < 1.29 is 38.1 Å². The van der Waals surface area contributed by atoms with Crippen LogP contribution in [0.4, 0.5) is 0 Å². The molecule has 228 valence electrons. The molecular formula is C28H43N4O8P. The van der Waals surface area contributed by atoms with Gasteiger partial charge in [-0.2, -0.15) is 0 Å².